The zero-order valence-electron chi connectivity index (χ0n) is 8.82. The Morgan fingerprint density at radius 3 is 2.36 bits per heavy atom. The van der Waals surface area contributed by atoms with Gasteiger partial charge in [-0.15, -0.1) is 0 Å². The molecular weight excluding hydrogens is 248 g/mol. The zero-order valence-corrected chi connectivity index (χ0v) is 10.4. The van der Waals surface area contributed by atoms with Crippen molar-refractivity contribution in [1.82, 2.24) is 10.6 Å². The average molecular weight is 265 g/mol. The lowest BCUT2D eigenvalue weighted by molar-refractivity contribution is -0.129. The molecule has 5 heteroatoms. The molecule has 0 aromatic carbocycles. The van der Waals surface area contributed by atoms with Crippen LogP contribution in [0.3, 0.4) is 0 Å². The molecule has 0 fully saturated rings. The third-order valence-electron chi connectivity index (χ3n) is 1.89. The van der Waals surface area contributed by atoms with E-state index in [-0.39, 0.29) is 11.8 Å². The van der Waals surface area contributed by atoms with E-state index in [0.29, 0.717) is 18.3 Å². The Bertz CT molecular complexity index is 217. The highest BCUT2D eigenvalue weighted by Crippen LogP contribution is 2.12. The predicted molar refractivity (Wildman–Crippen MR) is 59.3 cm³/mol. The van der Waals surface area contributed by atoms with Gasteiger partial charge in [-0.05, 0) is 13.8 Å². The molecule has 2 amide bonds. The first-order valence-electron chi connectivity index (χ1n) is 4.49. The Kier molecular flexibility index (Phi) is 5.76. The fourth-order valence-electron chi connectivity index (χ4n) is 0.912. The quantitative estimate of drug-likeness (QED) is 0.717. The molecule has 0 saturated carbocycles. The number of hydrogen-bond acceptors (Lipinski definition) is 2. The summed E-state index contributed by atoms with van der Waals surface area (Å²) in [6.45, 7) is 3.94. The first-order valence-corrected chi connectivity index (χ1v) is 5.61. The van der Waals surface area contributed by atoms with Gasteiger partial charge in [0.25, 0.3) is 0 Å². The molecule has 0 aromatic heterocycles. The maximum absolute atomic E-state index is 11.3. The maximum atomic E-state index is 11.3. The molecular formula is C9H17BrN2O2. The summed E-state index contributed by atoms with van der Waals surface area (Å²) in [4.78, 5) is 22.5. The van der Waals surface area contributed by atoms with Crippen molar-refractivity contribution in [1.29, 1.82) is 0 Å². The Hall–Kier alpha value is -0.580. The molecule has 0 aliphatic heterocycles. The number of amides is 2. The monoisotopic (exact) mass is 264 g/mol. The molecule has 82 valence electrons. The summed E-state index contributed by atoms with van der Waals surface area (Å²) >= 11 is 3.17. The first-order chi connectivity index (χ1) is 6.44. The van der Waals surface area contributed by atoms with Gasteiger partial charge in [-0.1, -0.05) is 15.9 Å². The van der Waals surface area contributed by atoms with Crippen LogP contribution in [-0.4, -0.2) is 30.7 Å². The molecule has 0 aliphatic carbocycles. The van der Waals surface area contributed by atoms with Crippen LogP contribution in [-0.2, 0) is 9.59 Å². The van der Waals surface area contributed by atoms with Gasteiger partial charge >= 0.3 is 0 Å². The van der Waals surface area contributed by atoms with E-state index >= 15 is 0 Å². The number of alkyl halides is 1. The molecule has 0 unspecified atom stereocenters. The molecule has 0 radical (unpaired) electrons. The van der Waals surface area contributed by atoms with Crippen molar-refractivity contribution in [3.05, 3.63) is 0 Å². The highest BCUT2D eigenvalue weighted by molar-refractivity contribution is 9.09. The highest BCUT2D eigenvalue weighted by Gasteiger charge is 2.26. The Balaban J connectivity index is 3.98. The SMILES string of the molecule is CNC(=O)C(C)(C)CNC(=O)CCBr. The summed E-state index contributed by atoms with van der Waals surface area (Å²) in [7, 11) is 1.59. The summed E-state index contributed by atoms with van der Waals surface area (Å²) in [5.74, 6) is -0.115. The van der Waals surface area contributed by atoms with Crippen molar-refractivity contribution in [3.63, 3.8) is 0 Å². The fraction of sp³-hybridized carbons (Fsp3) is 0.778. The predicted octanol–water partition coefficient (Wildman–Crippen LogP) is 0.660. The number of carbonyl (C=O) groups excluding carboxylic acids is 2. The highest BCUT2D eigenvalue weighted by atomic mass is 79.9. The van der Waals surface area contributed by atoms with Crippen molar-refractivity contribution < 1.29 is 9.59 Å². The lowest BCUT2D eigenvalue weighted by Gasteiger charge is -2.22. The number of hydrogen-bond donors (Lipinski definition) is 2. The lowest BCUT2D eigenvalue weighted by Crippen LogP contribution is -2.43. The molecule has 14 heavy (non-hydrogen) atoms. The second-order valence-corrected chi connectivity index (χ2v) is 4.47. The Morgan fingerprint density at radius 1 is 1.36 bits per heavy atom. The maximum Gasteiger partial charge on any atom is 0.227 e. The van der Waals surface area contributed by atoms with Crippen LogP contribution in [0.25, 0.3) is 0 Å². The Labute approximate surface area is 92.9 Å². The van der Waals surface area contributed by atoms with Crippen molar-refractivity contribution in [3.8, 4) is 0 Å². The van der Waals surface area contributed by atoms with Crippen LogP contribution in [0.2, 0.25) is 0 Å². The zero-order chi connectivity index (χ0) is 11.2. The van der Waals surface area contributed by atoms with Crippen LogP contribution >= 0.6 is 15.9 Å². The third kappa shape index (κ3) is 4.60. The first kappa shape index (κ1) is 13.4. The molecule has 0 heterocycles. The average Bonchev–Trinajstić information content (AvgIpc) is 2.14. The van der Waals surface area contributed by atoms with Crippen LogP contribution in [0.15, 0.2) is 0 Å². The molecule has 0 aliphatic rings. The normalized spacial score (nSPS) is 10.9. The standard InChI is InChI=1S/C9H17BrN2O2/c1-9(2,8(14)11-3)6-12-7(13)4-5-10/h4-6H2,1-3H3,(H,11,14)(H,12,13). The van der Waals surface area contributed by atoms with E-state index in [9.17, 15) is 9.59 Å². The number of rotatable bonds is 5. The van der Waals surface area contributed by atoms with Gasteiger partial charge in [-0.2, -0.15) is 0 Å². The van der Waals surface area contributed by atoms with Crippen molar-refractivity contribution in [2.75, 3.05) is 18.9 Å². The van der Waals surface area contributed by atoms with Crippen LogP contribution < -0.4 is 10.6 Å². The van der Waals surface area contributed by atoms with Gasteiger partial charge in [0.2, 0.25) is 11.8 Å². The lowest BCUT2D eigenvalue weighted by atomic mass is 9.92. The van der Waals surface area contributed by atoms with Crippen LogP contribution in [0.1, 0.15) is 20.3 Å². The van der Waals surface area contributed by atoms with Crippen molar-refractivity contribution in [2.45, 2.75) is 20.3 Å². The van der Waals surface area contributed by atoms with Crippen LogP contribution in [0, 0.1) is 5.41 Å². The van der Waals surface area contributed by atoms with E-state index in [1.54, 1.807) is 20.9 Å². The number of halogens is 1. The fourth-order valence-corrected chi connectivity index (χ4v) is 1.27. The van der Waals surface area contributed by atoms with E-state index in [4.69, 9.17) is 0 Å². The molecule has 4 nitrogen and oxygen atoms in total. The number of carbonyl (C=O) groups is 2. The van der Waals surface area contributed by atoms with Crippen LogP contribution in [0.4, 0.5) is 0 Å². The van der Waals surface area contributed by atoms with E-state index < -0.39 is 5.41 Å². The van der Waals surface area contributed by atoms with Gasteiger partial charge in [0.1, 0.15) is 0 Å². The van der Waals surface area contributed by atoms with Crippen molar-refractivity contribution in [2.24, 2.45) is 5.41 Å². The molecule has 0 saturated heterocycles. The molecule has 2 N–H and O–H groups in total. The van der Waals surface area contributed by atoms with Gasteiger partial charge in [0, 0.05) is 25.3 Å². The smallest absolute Gasteiger partial charge is 0.227 e. The van der Waals surface area contributed by atoms with Gasteiger partial charge in [-0.3, -0.25) is 9.59 Å². The summed E-state index contributed by atoms with van der Waals surface area (Å²) in [6, 6.07) is 0. The Morgan fingerprint density at radius 2 is 1.93 bits per heavy atom. The summed E-state index contributed by atoms with van der Waals surface area (Å²) in [5, 5.41) is 5.91. The van der Waals surface area contributed by atoms with E-state index in [1.807, 2.05) is 0 Å². The van der Waals surface area contributed by atoms with Crippen molar-refractivity contribution >= 4 is 27.7 Å². The molecule has 0 rings (SSSR count). The van der Waals surface area contributed by atoms with Gasteiger partial charge in [0.15, 0.2) is 0 Å². The number of nitrogens with one attached hydrogen (secondary N) is 2. The van der Waals surface area contributed by atoms with Gasteiger partial charge in [-0.25, -0.2) is 0 Å². The van der Waals surface area contributed by atoms with E-state index in [0.717, 1.165) is 0 Å². The largest absolute Gasteiger partial charge is 0.359 e. The molecule has 0 spiro atoms. The minimum Gasteiger partial charge on any atom is -0.359 e. The summed E-state index contributed by atoms with van der Waals surface area (Å²) in [6.07, 6.45) is 0.434. The topological polar surface area (TPSA) is 58.2 Å². The second kappa shape index (κ2) is 6.01. The van der Waals surface area contributed by atoms with Crippen LogP contribution in [0.5, 0.6) is 0 Å². The summed E-state index contributed by atoms with van der Waals surface area (Å²) < 4.78 is 0. The second-order valence-electron chi connectivity index (χ2n) is 3.68. The molecule has 0 aromatic rings. The van der Waals surface area contributed by atoms with Gasteiger partial charge in [0.05, 0.1) is 5.41 Å². The van der Waals surface area contributed by atoms with E-state index in [1.165, 1.54) is 0 Å². The third-order valence-corrected chi connectivity index (χ3v) is 2.29. The minimum absolute atomic E-state index is 0.0427. The molecule has 0 bridgehead atoms. The van der Waals surface area contributed by atoms with Gasteiger partial charge < -0.3 is 10.6 Å². The van der Waals surface area contributed by atoms with E-state index in [2.05, 4.69) is 26.6 Å². The molecule has 0 atom stereocenters. The minimum atomic E-state index is -0.559. The summed E-state index contributed by atoms with van der Waals surface area (Å²) in [5.41, 5.74) is -0.559.